The van der Waals surface area contributed by atoms with Gasteiger partial charge in [-0.3, -0.25) is 19.4 Å². The van der Waals surface area contributed by atoms with Crippen molar-refractivity contribution in [3.63, 3.8) is 0 Å². The summed E-state index contributed by atoms with van der Waals surface area (Å²) in [5.74, 6) is -0.867. The maximum atomic E-state index is 14.2. The molecule has 0 saturated carbocycles. The highest BCUT2D eigenvalue weighted by Crippen LogP contribution is 2.35. The third kappa shape index (κ3) is 9.90. The largest absolute Gasteiger partial charge is 0.391 e. The number of aromatic amines is 1. The first kappa shape index (κ1) is 40.7. The van der Waals surface area contributed by atoms with E-state index in [0.29, 0.717) is 31.5 Å². The first-order chi connectivity index (χ1) is 26.8. The number of nitrogens with zero attached hydrogens (tertiary/aromatic N) is 3. The van der Waals surface area contributed by atoms with Crippen molar-refractivity contribution in [1.82, 2.24) is 30.5 Å². The number of likely N-dealkylation sites (tertiary alicyclic amines) is 1. The molecule has 296 valence electrons. The van der Waals surface area contributed by atoms with Gasteiger partial charge < -0.3 is 30.4 Å². The summed E-state index contributed by atoms with van der Waals surface area (Å²) in [7, 11) is 0. The number of H-pyrrole nitrogens is 1. The van der Waals surface area contributed by atoms with E-state index in [-0.39, 0.29) is 56.2 Å². The van der Waals surface area contributed by atoms with Crippen LogP contribution in [0.15, 0.2) is 78.7 Å². The molecule has 2 amide bonds. The molecule has 0 spiro atoms. The zero-order chi connectivity index (χ0) is 40.0. The zero-order valence-electron chi connectivity index (χ0n) is 33.1. The number of carbonyl (C=O) groups is 3. The van der Waals surface area contributed by atoms with Gasteiger partial charge in [0.2, 0.25) is 11.8 Å². The number of hydrogen-bond donors (Lipinski definition) is 4. The number of aliphatic hydroxyl groups is 1. The molecular formula is C44H54N6O5S. The van der Waals surface area contributed by atoms with Gasteiger partial charge in [0.1, 0.15) is 5.78 Å². The minimum Gasteiger partial charge on any atom is -0.391 e. The summed E-state index contributed by atoms with van der Waals surface area (Å²) in [6.45, 7) is 15.3. The minimum atomic E-state index is -0.683. The van der Waals surface area contributed by atoms with Gasteiger partial charge in [-0.2, -0.15) is 0 Å². The molecule has 4 N–H and O–H groups in total. The molecule has 1 fully saturated rings. The van der Waals surface area contributed by atoms with Crippen LogP contribution in [0, 0.1) is 18.3 Å². The predicted octanol–water partition coefficient (Wildman–Crippen LogP) is 7.05. The van der Waals surface area contributed by atoms with Crippen LogP contribution in [0.3, 0.4) is 0 Å². The Bertz CT molecular complexity index is 2170. The van der Waals surface area contributed by atoms with Gasteiger partial charge in [0.25, 0.3) is 0 Å². The molecule has 12 heteroatoms. The number of ether oxygens (including phenoxy) is 1. The lowest BCUT2D eigenvalue weighted by molar-refractivity contribution is -0.142. The standard InChI is InChI=1S/C44H54N6O5S/c1-27(31-9-11-32(12-10-31)42-29(3)47-26-56-42)48-28(2)40-23-34(52)25-50(40)43(54)37(44(4,5)6)22-33(51)16-19-55-20-18-46-41(53)14-8-30-7-13-35-36-24-45-17-15-38(36)49-39(35)21-30/h7,9-13,15,17,21,24,26-27,34,37,40,48-49,52H,2,8,14,16,18-20,22-23,25H2,1,3-6H3,(H,46,53)/t27-,34+,37+,40-/m0/s1. The number of carbonyl (C=O) groups excluding carboxylic acids is 3. The van der Waals surface area contributed by atoms with E-state index in [0.717, 1.165) is 49.1 Å². The second-order valence-electron chi connectivity index (χ2n) is 16.0. The van der Waals surface area contributed by atoms with Gasteiger partial charge in [0.15, 0.2) is 0 Å². The number of hydrogen-bond acceptors (Lipinski definition) is 9. The zero-order valence-corrected chi connectivity index (χ0v) is 33.9. The number of aryl methyl sites for hydroxylation is 2. The topological polar surface area (TPSA) is 150 Å². The lowest BCUT2D eigenvalue weighted by Gasteiger charge is -2.36. The molecule has 0 unspecified atom stereocenters. The molecule has 1 saturated heterocycles. The highest BCUT2D eigenvalue weighted by molar-refractivity contribution is 7.13. The van der Waals surface area contributed by atoms with E-state index in [2.05, 4.69) is 68.6 Å². The Kier molecular flexibility index (Phi) is 13.0. The number of aromatic nitrogens is 3. The Hall–Kier alpha value is -4.91. The van der Waals surface area contributed by atoms with E-state index in [9.17, 15) is 19.5 Å². The number of pyridine rings is 1. The second-order valence-corrected chi connectivity index (χ2v) is 16.8. The quantitative estimate of drug-likeness (QED) is 0.0734. The second kappa shape index (κ2) is 17.9. The number of aliphatic hydroxyl groups excluding tert-OH is 1. The maximum absolute atomic E-state index is 14.2. The van der Waals surface area contributed by atoms with Crippen molar-refractivity contribution in [2.24, 2.45) is 11.3 Å². The van der Waals surface area contributed by atoms with Crippen LogP contribution in [-0.2, 0) is 25.5 Å². The van der Waals surface area contributed by atoms with Crippen molar-refractivity contribution in [2.75, 3.05) is 26.3 Å². The molecule has 2 aromatic carbocycles. The molecule has 1 aliphatic heterocycles. The molecule has 1 aliphatic rings. The molecular weight excluding hydrogens is 725 g/mol. The van der Waals surface area contributed by atoms with E-state index in [1.807, 2.05) is 58.5 Å². The number of Topliss-reactive ketones (excluding diaryl/α,β-unsaturated/α-hetero) is 1. The van der Waals surface area contributed by atoms with E-state index < -0.39 is 23.5 Å². The summed E-state index contributed by atoms with van der Waals surface area (Å²) < 4.78 is 5.69. The highest BCUT2D eigenvalue weighted by atomic mass is 32.1. The summed E-state index contributed by atoms with van der Waals surface area (Å²) in [5, 5.41) is 19.3. The van der Waals surface area contributed by atoms with Crippen LogP contribution in [0.2, 0.25) is 0 Å². The van der Waals surface area contributed by atoms with Crippen LogP contribution in [0.25, 0.3) is 32.2 Å². The van der Waals surface area contributed by atoms with Crippen molar-refractivity contribution >= 4 is 50.7 Å². The molecule has 4 heterocycles. The third-order valence-corrected chi connectivity index (χ3v) is 11.7. The number of benzene rings is 2. The highest BCUT2D eigenvalue weighted by Gasteiger charge is 2.43. The fraction of sp³-hybridized carbons (Fsp3) is 0.432. The van der Waals surface area contributed by atoms with Crippen molar-refractivity contribution < 1.29 is 24.2 Å². The Morgan fingerprint density at radius 3 is 2.59 bits per heavy atom. The van der Waals surface area contributed by atoms with Crippen molar-refractivity contribution in [1.29, 1.82) is 0 Å². The third-order valence-electron chi connectivity index (χ3n) is 10.8. The molecule has 5 aromatic rings. The van der Waals surface area contributed by atoms with E-state index >= 15 is 0 Å². The summed E-state index contributed by atoms with van der Waals surface area (Å²) in [4.78, 5) is 54.7. The number of β-amino-alcohol motifs (C(OH)–C–C–N with tert-alkyl or cyclic N) is 1. The Morgan fingerprint density at radius 1 is 1.07 bits per heavy atom. The first-order valence-corrected chi connectivity index (χ1v) is 20.3. The van der Waals surface area contributed by atoms with E-state index in [4.69, 9.17) is 4.74 Å². The molecule has 0 bridgehead atoms. The van der Waals surface area contributed by atoms with Gasteiger partial charge in [-0.05, 0) is 54.5 Å². The van der Waals surface area contributed by atoms with Crippen LogP contribution in [0.5, 0.6) is 0 Å². The summed E-state index contributed by atoms with van der Waals surface area (Å²) in [6.07, 6.45) is 4.52. The summed E-state index contributed by atoms with van der Waals surface area (Å²) in [5.41, 5.74) is 8.36. The van der Waals surface area contributed by atoms with Gasteiger partial charge >= 0.3 is 0 Å². The molecule has 0 radical (unpaired) electrons. The van der Waals surface area contributed by atoms with Gasteiger partial charge in [0, 0.05) is 90.6 Å². The van der Waals surface area contributed by atoms with Gasteiger partial charge in [0.05, 0.1) is 41.4 Å². The van der Waals surface area contributed by atoms with Crippen LogP contribution >= 0.6 is 11.3 Å². The number of rotatable bonds is 17. The molecule has 0 aliphatic carbocycles. The van der Waals surface area contributed by atoms with Crippen molar-refractivity contribution in [3.8, 4) is 10.4 Å². The molecule has 4 atom stereocenters. The normalized spacial score (nSPS) is 16.9. The average Bonchev–Trinajstić information content (AvgIpc) is 3.89. The summed E-state index contributed by atoms with van der Waals surface area (Å²) in [6, 6.07) is 16.0. The first-order valence-electron chi connectivity index (χ1n) is 19.4. The Balaban J connectivity index is 0.929. The minimum absolute atomic E-state index is 0.0636. The van der Waals surface area contributed by atoms with Crippen LogP contribution in [0.1, 0.15) is 76.2 Å². The van der Waals surface area contributed by atoms with Crippen molar-refractivity contribution in [2.45, 2.75) is 84.9 Å². The molecule has 56 heavy (non-hydrogen) atoms. The molecule has 3 aromatic heterocycles. The van der Waals surface area contributed by atoms with Crippen LogP contribution < -0.4 is 10.6 Å². The number of amides is 2. The van der Waals surface area contributed by atoms with Crippen LogP contribution in [0.4, 0.5) is 0 Å². The fourth-order valence-electron chi connectivity index (χ4n) is 7.49. The summed E-state index contributed by atoms with van der Waals surface area (Å²) >= 11 is 1.62. The van der Waals surface area contributed by atoms with Crippen LogP contribution in [-0.4, -0.2) is 81.0 Å². The Morgan fingerprint density at radius 2 is 1.86 bits per heavy atom. The van der Waals surface area contributed by atoms with Gasteiger partial charge in [-0.1, -0.05) is 63.7 Å². The predicted molar refractivity (Wildman–Crippen MR) is 222 cm³/mol. The SMILES string of the molecule is C=C(N[C@@H](C)c1ccc(-c2scnc2C)cc1)[C@@H]1C[C@@H](O)CN1C(=O)[C@@H](CC(=O)CCOCCNC(=O)CCc1ccc2c(c1)[nH]c1ccncc12)C(C)(C)C. The monoisotopic (exact) mass is 778 g/mol. The number of thiazole rings is 1. The number of fused-ring (bicyclic) bond motifs is 3. The average molecular weight is 779 g/mol. The number of ketones is 1. The maximum Gasteiger partial charge on any atom is 0.227 e. The van der Waals surface area contributed by atoms with Gasteiger partial charge in [-0.15, -0.1) is 11.3 Å². The molecule has 11 nitrogen and oxygen atoms in total. The lowest BCUT2D eigenvalue weighted by Crippen LogP contribution is -2.47. The van der Waals surface area contributed by atoms with E-state index in [1.165, 1.54) is 0 Å². The number of nitrogens with one attached hydrogen (secondary N) is 3. The smallest absolute Gasteiger partial charge is 0.227 e. The molecule has 6 rings (SSSR count). The van der Waals surface area contributed by atoms with Gasteiger partial charge in [-0.25, -0.2) is 4.98 Å². The van der Waals surface area contributed by atoms with E-state index in [1.54, 1.807) is 22.4 Å². The van der Waals surface area contributed by atoms with Crippen molar-refractivity contribution in [3.05, 3.63) is 95.5 Å². The lowest BCUT2D eigenvalue weighted by atomic mass is 9.76. The Labute approximate surface area is 333 Å². The fourth-order valence-corrected chi connectivity index (χ4v) is 8.30.